The van der Waals surface area contributed by atoms with Gasteiger partial charge in [-0.3, -0.25) is 9.39 Å². The van der Waals surface area contributed by atoms with E-state index in [9.17, 15) is 0 Å². The van der Waals surface area contributed by atoms with Gasteiger partial charge in [-0.05, 0) is 44.2 Å². The first-order valence-electron chi connectivity index (χ1n) is 8.86. The molecular formula is C18H31IN6. The Labute approximate surface area is 167 Å². The molecule has 140 valence electrons. The van der Waals surface area contributed by atoms with Crippen molar-refractivity contribution < 1.29 is 0 Å². The number of fused-ring (bicyclic) bond motifs is 1. The molecule has 0 aromatic carbocycles. The summed E-state index contributed by atoms with van der Waals surface area (Å²) in [4.78, 5) is 4.30. The summed E-state index contributed by atoms with van der Waals surface area (Å²) in [5.41, 5.74) is 0.900. The van der Waals surface area contributed by atoms with Gasteiger partial charge >= 0.3 is 0 Å². The Balaban J connectivity index is 0.00000312. The monoisotopic (exact) mass is 458 g/mol. The van der Waals surface area contributed by atoms with E-state index in [1.54, 1.807) is 0 Å². The summed E-state index contributed by atoms with van der Waals surface area (Å²) in [6.07, 6.45) is 6.26. The molecule has 0 aliphatic rings. The van der Waals surface area contributed by atoms with Gasteiger partial charge in [0, 0.05) is 32.3 Å². The van der Waals surface area contributed by atoms with Crippen molar-refractivity contribution in [2.24, 2.45) is 10.9 Å². The summed E-state index contributed by atoms with van der Waals surface area (Å²) in [5, 5.41) is 15.3. The van der Waals surface area contributed by atoms with Crippen LogP contribution in [0.15, 0.2) is 29.4 Å². The second-order valence-electron chi connectivity index (χ2n) is 6.66. The molecule has 25 heavy (non-hydrogen) atoms. The van der Waals surface area contributed by atoms with E-state index in [-0.39, 0.29) is 24.0 Å². The van der Waals surface area contributed by atoms with E-state index in [2.05, 4.69) is 46.6 Å². The third-order valence-electron chi connectivity index (χ3n) is 4.04. The minimum atomic E-state index is 0. The van der Waals surface area contributed by atoms with Crippen LogP contribution < -0.4 is 10.6 Å². The third kappa shape index (κ3) is 7.17. The maximum atomic E-state index is 4.30. The number of nitrogens with one attached hydrogen (secondary N) is 2. The maximum absolute atomic E-state index is 4.30. The average Bonchev–Trinajstić information content (AvgIpc) is 2.99. The van der Waals surface area contributed by atoms with Crippen molar-refractivity contribution in [3.63, 3.8) is 0 Å². The van der Waals surface area contributed by atoms with Crippen molar-refractivity contribution in [3.05, 3.63) is 30.2 Å². The molecule has 2 aromatic heterocycles. The fourth-order valence-electron chi connectivity index (χ4n) is 2.60. The number of aromatic nitrogens is 3. The highest BCUT2D eigenvalue weighted by molar-refractivity contribution is 14.0. The summed E-state index contributed by atoms with van der Waals surface area (Å²) >= 11 is 0. The van der Waals surface area contributed by atoms with E-state index in [4.69, 9.17) is 0 Å². The minimum absolute atomic E-state index is 0. The van der Waals surface area contributed by atoms with Crippen molar-refractivity contribution in [1.82, 2.24) is 25.2 Å². The summed E-state index contributed by atoms with van der Waals surface area (Å²) in [5.74, 6) is 2.61. The molecule has 0 aliphatic carbocycles. The largest absolute Gasteiger partial charge is 0.356 e. The number of halogens is 1. The number of aryl methyl sites for hydroxylation is 1. The van der Waals surface area contributed by atoms with Gasteiger partial charge in [0.1, 0.15) is 5.82 Å². The van der Waals surface area contributed by atoms with Gasteiger partial charge in [0.15, 0.2) is 11.6 Å². The molecule has 7 heteroatoms. The van der Waals surface area contributed by atoms with Crippen LogP contribution in [0.25, 0.3) is 5.65 Å². The highest BCUT2D eigenvalue weighted by Crippen LogP contribution is 2.06. The number of aliphatic imine (C=N–C) groups is 1. The van der Waals surface area contributed by atoms with Crippen LogP contribution in [0.4, 0.5) is 0 Å². The van der Waals surface area contributed by atoms with Crippen LogP contribution in [0, 0.1) is 5.92 Å². The van der Waals surface area contributed by atoms with Gasteiger partial charge in [0.25, 0.3) is 0 Å². The predicted molar refractivity (Wildman–Crippen MR) is 115 cm³/mol. The van der Waals surface area contributed by atoms with Crippen LogP contribution in [0.2, 0.25) is 0 Å². The summed E-state index contributed by atoms with van der Waals surface area (Å²) in [7, 11) is 1.82. The number of nitrogens with zero attached hydrogens (tertiary/aromatic N) is 4. The van der Waals surface area contributed by atoms with Gasteiger partial charge in [-0.25, -0.2) is 0 Å². The smallest absolute Gasteiger partial charge is 0.191 e. The lowest BCUT2D eigenvalue weighted by atomic mass is 10.0. The molecule has 0 aliphatic heterocycles. The number of hydrogen-bond acceptors (Lipinski definition) is 3. The second-order valence-corrected chi connectivity index (χ2v) is 6.66. The molecule has 0 bridgehead atoms. The van der Waals surface area contributed by atoms with Crippen molar-refractivity contribution >= 4 is 35.6 Å². The maximum Gasteiger partial charge on any atom is 0.191 e. The lowest BCUT2D eigenvalue weighted by molar-refractivity contribution is 0.489. The van der Waals surface area contributed by atoms with Crippen LogP contribution in [-0.4, -0.2) is 40.2 Å². The molecule has 0 saturated heterocycles. The highest BCUT2D eigenvalue weighted by atomic mass is 127. The van der Waals surface area contributed by atoms with Crippen LogP contribution in [-0.2, 0) is 6.42 Å². The Bertz CT molecular complexity index is 652. The number of pyridine rings is 1. The molecular weight excluding hydrogens is 427 g/mol. The van der Waals surface area contributed by atoms with Gasteiger partial charge in [0.05, 0.1) is 0 Å². The van der Waals surface area contributed by atoms with Crippen molar-refractivity contribution in [2.75, 3.05) is 13.6 Å². The standard InChI is InChI=1S/C18H30N6.HI/c1-14(2)10-11-15(3)21-18(19-4)20-12-7-9-17-23-22-16-8-5-6-13-24(16)17;/h5-6,8,13-15H,7,9-12H2,1-4H3,(H2,19,20,21);1H. The molecule has 0 radical (unpaired) electrons. The lowest BCUT2D eigenvalue weighted by Gasteiger charge is -2.18. The number of hydrogen-bond donors (Lipinski definition) is 2. The first kappa shape index (κ1) is 21.7. The van der Waals surface area contributed by atoms with Gasteiger partial charge in [0.2, 0.25) is 0 Å². The third-order valence-corrected chi connectivity index (χ3v) is 4.04. The van der Waals surface area contributed by atoms with E-state index in [1.165, 1.54) is 6.42 Å². The van der Waals surface area contributed by atoms with E-state index >= 15 is 0 Å². The Hall–Kier alpha value is -1.38. The lowest BCUT2D eigenvalue weighted by Crippen LogP contribution is -2.42. The molecule has 2 aromatic rings. The van der Waals surface area contributed by atoms with E-state index in [0.717, 1.165) is 49.2 Å². The van der Waals surface area contributed by atoms with Gasteiger partial charge in [-0.15, -0.1) is 34.2 Å². The molecule has 0 spiro atoms. The van der Waals surface area contributed by atoms with Crippen LogP contribution in [0.1, 0.15) is 45.9 Å². The Morgan fingerprint density at radius 3 is 2.72 bits per heavy atom. The molecule has 6 nitrogen and oxygen atoms in total. The minimum Gasteiger partial charge on any atom is -0.356 e. The molecule has 0 amide bonds. The van der Waals surface area contributed by atoms with E-state index < -0.39 is 0 Å². The van der Waals surface area contributed by atoms with Crippen LogP contribution in [0.3, 0.4) is 0 Å². The molecule has 1 unspecified atom stereocenters. The zero-order valence-electron chi connectivity index (χ0n) is 15.7. The normalized spacial score (nSPS) is 12.9. The van der Waals surface area contributed by atoms with Crippen LogP contribution in [0.5, 0.6) is 0 Å². The van der Waals surface area contributed by atoms with Crippen LogP contribution >= 0.6 is 24.0 Å². The Kier molecular flexibility index (Phi) is 9.77. The van der Waals surface area contributed by atoms with Crippen molar-refractivity contribution in [3.8, 4) is 0 Å². The zero-order chi connectivity index (χ0) is 17.4. The Morgan fingerprint density at radius 2 is 2.00 bits per heavy atom. The Morgan fingerprint density at radius 1 is 1.20 bits per heavy atom. The van der Waals surface area contributed by atoms with Gasteiger partial charge in [-0.1, -0.05) is 19.9 Å². The molecule has 0 saturated carbocycles. The van der Waals surface area contributed by atoms with E-state index in [1.807, 2.05) is 35.8 Å². The van der Waals surface area contributed by atoms with Gasteiger partial charge < -0.3 is 10.6 Å². The van der Waals surface area contributed by atoms with Gasteiger partial charge in [-0.2, -0.15) is 0 Å². The number of guanidine groups is 1. The SMILES string of the molecule is CN=C(NCCCc1nnc2ccccn12)NC(C)CCC(C)C.I. The fraction of sp³-hybridized carbons (Fsp3) is 0.611. The molecule has 2 rings (SSSR count). The van der Waals surface area contributed by atoms with Crippen molar-refractivity contribution in [1.29, 1.82) is 0 Å². The summed E-state index contributed by atoms with van der Waals surface area (Å²) in [6.45, 7) is 7.58. The summed E-state index contributed by atoms with van der Waals surface area (Å²) in [6, 6.07) is 6.38. The first-order valence-corrected chi connectivity index (χ1v) is 8.86. The molecule has 2 N–H and O–H groups in total. The molecule has 1 atom stereocenters. The van der Waals surface area contributed by atoms with Crippen molar-refractivity contribution in [2.45, 2.75) is 52.5 Å². The quantitative estimate of drug-likeness (QED) is 0.276. The molecule has 2 heterocycles. The fourth-order valence-corrected chi connectivity index (χ4v) is 2.60. The highest BCUT2D eigenvalue weighted by Gasteiger charge is 2.07. The zero-order valence-corrected chi connectivity index (χ0v) is 18.0. The number of rotatable bonds is 8. The predicted octanol–water partition coefficient (Wildman–Crippen LogP) is 3.27. The summed E-state index contributed by atoms with van der Waals surface area (Å²) < 4.78 is 2.04. The van der Waals surface area contributed by atoms with E-state index in [0.29, 0.717) is 6.04 Å². The average molecular weight is 458 g/mol. The second kappa shape index (κ2) is 11.3. The molecule has 0 fully saturated rings. The topological polar surface area (TPSA) is 66.6 Å². The first-order chi connectivity index (χ1) is 11.6.